The van der Waals surface area contributed by atoms with Gasteiger partial charge in [0.05, 0.1) is 12.7 Å². The number of rotatable bonds is 4. The van der Waals surface area contributed by atoms with Gasteiger partial charge in [0.15, 0.2) is 0 Å². The maximum atomic E-state index is 13.7. The normalized spacial score (nSPS) is 19.0. The van der Waals surface area contributed by atoms with E-state index >= 15 is 0 Å². The number of anilines is 1. The van der Waals surface area contributed by atoms with Crippen LogP contribution in [-0.4, -0.2) is 24.0 Å². The number of carbonyl (C=O) groups is 2. The van der Waals surface area contributed by atoms with Crippen LogP contribution in [0.4, 0.5) is 10.2 Å². The molecule has 5 nitrogen and oxygen atoms in total. The van der Waals surface area contributed by atoms with Crippen molar-refractivity contribution in [3.05, 3.63) is 59.5 Å². The quantitative estimate of drug-likeness (QED) is 0.881. The van der Waals surface area contributed by atoms with Crippen LogP contribution in [0.1, 0.15) is 28.3 Å². The first-order chi connectivity index (χ1) is 11.1. The molecule has 6 heteroatoms. The lowest BCUT2D eigenvalue weighted by Gasteiger charge is -2.06. The molecule has 1 saturated carbocycles. The molecule has 1 N–H and O–H groups in total. The van der Waals surface area contributed by atoms with E-state index in [9.17, 15) is 14.0 Å². The van der Waals surface area contributed by atoms with Gasteiger partial charge < -0.3 is 10.1 Å². The molecule has 1 aliphatic rings. The summed E-state index contributed by atoms with van der Waals surface area (Å²) in [6.07, 6.45) is 2.02. The summed E-state index contributed by atoms with van der Waals surface area (Å²) in [5.41, 5.74) is 0.864. The summed E-state index contributed by atoms with van der Waals surface area (Å²) in [5, 5.41) is 2.66. The molecule has 0 saturated heterocycles. The van der Waals surface area contributed by atoms with Gasteiger partial charge in [0.25, 0.3) is 0 Å². The fourth-order valence-corrected chi connectivity index (χ4v) is 2.57. The van der Waals surface area contributed by atoms with E-state index in [2.05, 4.69) is 15.0 Å². The number of pyridine rings is 1. The standard InChI is InChI=1S/C17H15FN2O3/c1-23-17(22)10-6-7-19-15(8-10)20-16(21)13-9-12(13)11-4-2-3-5-14(11)18/h2-8,12-13H,9H2,1H3,(H,19,20,21)/t12-,13+/m1/s1. The van der Waals surface area contributed by atoms with Gasteiger partial charge in [0, 0.05) is 12.1 Å². The highest BCUT2D eigenvalue weighted by Crippen LogP contribution is 2.48. The van der Waals surface area contributed by atoms with Gasteiger partial charge in [-0.25, -0.2) is 14.2 Å². The molecule has 2 aromatic rings. The second kappa shape index (κ2) is 6.16. The third-order valence-corrected chi connectivity index (χ3v) is 3.86. The highest BCUT2D eigenvalue weighted by Gasteiger charge is 2.45. The van der Waals surface area contributed by atoms with Crippen LogP contribution in [0.2, 0.25) is 0 Å². The largest absolute Gasteiger partial charge is 0.465 e. The van der Waals surface area contributed by atoms with Crippen molar-refractivity contribution in [3.8, 4) is 0 Å². The molecule has 0 spiro atoms. The number of carbonyl (C=O) groups excluding carboxylic acids is 2. The zero-order valence-electron chi connectivity index (χ0n) is 12.5. The molecule has 118 valence electrons. The zero-order chi connectivity index (χ0) is 16.4. The predicted molar refractivity (Wildman–Crippen MR) is 81.5 cm³/mol. The Morgan fingerprint density at radius 3 is 2.83 bits per heavy atom. The first kappa shape index (κ1) is 15.1. The predicted octanol–water partition coefficient (Wildman–Crippen LogP) is 2.75. The number of nitrogens with one attached hydrogen (secondary N) is 1. The fraction of sp³-hybridized carbons (Fsp3) is 0.235. The van der Waals surface area contributed by atoms with E-state index in [4.69, 9.17) is 0 Å². The van der Waals surface area contributed by atoms with Crippen molar-refractivity contribution in [2.24, 2.45) is 5.92 Å². The zero-order valence-corrected chi connectivity index (χ0v) is 12.5. The van der Waals surface area contributed by atoms with Gasteiger partial charge in [0.2, 0.25) is 5.91 Å². The minimum absolute atomic E-state index is 0.111. The molecule has 2 atom stereocenters. The Kier molecular flexibility index (Phi) is 4.06. The van der Waals surface area contributed by atoms with Crippen LogP contribution in [0.25, 0.3) is 0 Å². The average molecular weight is 314 g/mol. The van der Waals surface area contributed by atoms with Crippen LogP contribution in [0.5, 0.6) is 0 Å². The van der Waals surface area contributed by atoms with Gasteiger partial charge in [-0.2, -0.15) is 0 Å². The average Bonchev–Trinajstić information content (AvgIpc) is 3.35. The van der Waals surface area contributed by atoms with Gasteiger partial charge in [-0.15, -0.1) is 0 Å². The molecular formula is C17H15FN2O3. The Bertz CT molecular complexity index is 763. The van der Waals surface area contributed by atoms with Crippen molar-refractivity contribution in [1.82, 2.24) is 4.98 Å². The molecule has 0 unspecified atom stereocenters. The SMILES string of the molecule is COC(=O)c1ccnc(NC(=O)[C@H]2C[C@@H]2c2ccccc2F)c1. The van der Waals surface area contributed by atoms with E-state index in [0.29, 0.717) is 17.5 Å². The van der Waals surface area contributed by atoms with E-state index in [1.54, 1.807) is 18.2 Å². The summed E-state index contributed by atoms with van der Waals surface area (Å²) in [6.45, 7) is 0. The van der Waals surface area contributed by atoms with Gasteiger partial charge in [0.1, 0.15) is 11.6 Å². The van der Waals surface area contributed by atoms with Gasteiger partial charge >= 0.3 is 5.97 Å². The molecule has 1 heterocycles. The number of ether oxygens (including phenoxy) is 1. The number of hydrogen-bond acceptors (Lipinski definition) is 4. The van der Waals surface area contributed by atoms with Crippen molar-refractivity contribution in [1.29, 1.82) is 0 Å². The summed E-state index contributed by atoms with van der Waals surface area (Å²) >= 11 is 0. The summed E-state index contributed by atoms with van der Waals surface area (Å²) < 4.78 is 18.4. The summed E-state index contributed by atoms with van der Waals surface area (Å²) in [7, 11) is 1.28. The van der Waals surface area contributed by atoms with E-state index < -0.39 is 5.97 Å². The third kappa shape index (κ3) is 3.21. The van der Waals surface area contributed by atoms with Crippen molar-refractivity contribution >= 4 is 17.7 Å². The van der Waals surface area contributed by atoms with Crippen molar-refractivity contribution in [3.63, 3.8) is 0 Å². The number of methoxy groups -OCH3 is 1. The number of nitrogens with zero attached hydrogens (tertiary/aromatic N) is 1. The highest BCUT2D eigenvalue weighted by atomic mass is 19.1. The smallest absolute Gasteiger partial charge is 0.338 e. The van der Waals surface area contributed by atoms with E-state index in [-0.39, 0.29) is 29.4 Å². The summed E-state index contributed by atoms with van der Waals surface area (Å²) in [6, 6.07) is 9.42. The number of amides is 1. The molecule has 1 aromatic heterocycles. The molecule has 1 amide bonds. The Hall–Kier alpha value is -2.76. The van der Waals surface area contributed by atoms with Crippen LogP contribution < -0.4 is 5.32 Å². The molecular weight excluding hydrogens is 299 g/mol. The molecule has 1 fully saturated rings. The minimum atomic E-state index is -0.501. The lowest BCUT2D eigenvalue weighted by molar-refractivity contribution is -0.117. The Morgan fingerprint density at radius 2 is 2.09 bits per heavy atom. The van der Waals surface area contributed by atoms with Gasteiger partial charge in [-0.3, -0.25) is 4.79 Å². The lowest BCUT2D eigenvalue weighted by atomic mass is 10.1. The molecule has 3 rings (SSSR count). The topological polar surface area (TPSA) is 68.3 Å². The van der Waals surface area contributed by atoms with Crippen molar-refractivity contribution < 1.29 is 18.7 Å². The molecule has 0 radical (unpaired) electrons. The van der Waals surface area contributed by atoms with Crippen LogP contribution in [0.3, 0.4) is 0 Å². The Balaban J connectivity index is 1.67. The molecule has 0 bridgehead atoms. The maximum absolute atomic E-state index is 13.7. The van der Waals surface area contributed by atoms with E-state index in [1.165, 1.54) is 31.5 Å². The second-order valence-electron chi connectivity index (χ2n) is 5.38. The van der Waals surface area contributed by atoms with Crippen LogP contribution in [-0.2, 0) is 9.53 Å². The first-order valence-corrected chi connectivity index (χ1v) is 7.20. The number of aromatic nitrogens is 1. The van der Waals surface area contributed by atoms with Gasteiger partial charge in [-0.1, -0.05) is 18.2 Å². The molecule has 23 heavy (non-hydrogen) atoms. The maximum Gasteiger partial charge on any atom is 0.338 e. The van der Waals surface area contributed by atoms with Crippen LogP contribution in [0.15, 0.2) is 42.6 Å². The molecule has 0 aliphatic heterocycles. The Labute approximate surface area is 132 Å². The molecule has 1 aromatic carbocycles. The number of benzene rings is 1. The fourth-order valence-electron chi connectivity index (χ4n) is 2.57. The van der Waals surface area contributed by atoms with E-state index in [1.807, 2.05) is 0 Å². The summed E-state index contributed by atoms with van der Waals surface area (Å²) in [4.78, 5) is 27.7. The lowest BCUT2D eigenvalue weighted by Crippen LogP contribution is -2.16. The van der Waals surface area contributed by atoms with Crippen molar-refractivity contribution in [2.45, 2.75) is 12.3 Å². The first-order valence-electron chi connectivity index (χ1n) is 7.20. The van der Waals surface area contributed by atoms with Gasteiger partial charge in [-0.05, 0) is 36.1 Å². The van der Waals surface area contributed by atoms with E-state index in [0.717, 1.165) is 0 Å². The van der Waals surface area contributed by atoms with Crippen LogP contribution >= 0.6 is 0 Å². The number of hydrogen-bond donors (Lipinski definition) is 1. The monoisotopic (exact) mass is 314 g/mol. The van der Waals surface area contributed by atoms with Crippen molar-refractivity contribution in [2.75, 3.05) is 12.4 Å². The third-order valence-electron chi connectivity index (χ3n) is 3.86. The number of halogens is 1. The highest BCUT2D eigenvalue weighted by molar-refractivity contribution is 5.96. The molecule has 1 aliphatic carbocycles. The number of esters is 1. The Morgan fingerprint density at radius 1 is 1.30 bits per heavy atom. The summed E-state index contributed by atoms with van der Waals surface area (Å²) in [5.74, 6) is -1.14. The second-order valence-corrected chi connectivity index (χ2v) is 5.38. The minimum Gasteiger partial charge on any atom is -0.465 e. The van der Waals surface area contributed by atoms with Crippen LogP contribution in [0, 0.1) is 11.7 Å².